The van der Waals surface area contributed by atoms with Gasteiger partial charge in [-0.15, -0.1) is 0 Å². The summed E-state index contributed by atoms with van der Waals surface area (Å²) in [5.41, 5.74) is 0.569. The van der Waals surface area contributed by atoms with E-state index in [0.29, 0.717) is 40.3 Å². The number of nitrogens with zero attached hydrogens (tertiary/aromatic N) is 3. The second-order valence-electron chi connectivity index (χ2n) is 5.75. The van der Waals surface area contributed by atoms with Gasteiger partial charge in [-0.3, -0.25) is 0 Å². The third-order valence-corrected chi connectivity index (χ3v) is 3.92. The molecule has 0 unspecified atom stereocenters. The Morgan fingerprint density at radius 1 is 0.793 bits per heavy atom. The van der Waals surface area contributed by atoms with Crippen LogP contribution in [0.25, 0.3) is 11.3 Å². The Kier molecular flexibility index (Phi) is 5.24. The van der Waals surface area contributed by atoms with Crippen LogP contribution in [0.15, 0.2) is 71.6 Å². The van der Waals surface area contributed by atoms with Crippen LogP contribution in [0.2, 0.25) is 0 Å². The summed E-state index contributed by atoms with van der Waals surface area (Å²) in [7, 11) is 3.00. The molecule has 2 aromatic heterocycles. The number of methoxy groups -OCH3 is 2. The molecule has 0 aliphatic heterocycles. The molecule has 4 rings (SSSR count). The minimum absolute atomic E-state index is 0.0545. The number of oxazole rings is 1. The van der Waals surface area contributed by atoms with E-state index in [0.717, 1.165) is 0 Å². The lowest BCUT2D eigenvalue weighted by atomic mass is 10.1. The van der Waals surface area contributed by atoms with Crippen molar-refractivity contribution < 1.29 is 23.4 Å². The normalized spacial score (nSPS) is 10.4. The Bertz CT molecular complexity index is 1060. The minimum atomic E-state index is 0.0545. The number of benzene rings is 2. The Morgan fingerprint density at radius 2 is 1.48 bits per heavy atom. The van der Waals surface area contributed by atoms with Gasteiger partial charge in [-0.05, 0) is 24.3 Å². The van der Waals surface area contributed by atoms with Gasteiger partial charge >= 0.3 is 6.01 Å². The smallest absolute Gasteiger partial charge is 0.328 e. The molecule has 0 aliphatic rings. The van der Waals surface area contributed by atoms with Crippen LogP contribution in [0.1, 0.15) is 0 Å². The predicted molar refractivity (Wildman–Crippen MR) is 104 cm³/mol. The number of rotatable bonds is 7. The van der Waals surface area contributed by atoms with E-state index in [-0.39, 0.29) is 6.01 Å². The summed E-state index contributed by atoms with van der Waals surface area (Å²) in [4.78, 5) is 12.4. The molecule has 2 heterocycles. The fraction of sp³-hybridized carbons (Fsp3) is 0.0952. The maximum atomic E-state index is 6.04. The molecule has 2 aromatic carbocycles. The Labute approximate surface area is 166 Å². The lowest BCUT2D eigenvalue weighted by Gasteiger charge is -2.14. The first kappa shape index (κ1) is 18.3. The highest BCUT2D eigenvalue weighted by Gasteiger charge is 2.19. The highest BCUT2D eigenvalue weighted by Crippen LogP contribution is 2.41. The molecule has 8 heteroatoms. The van der Waals surface area contributed by atoms with Crippen LogP contribution in [0, 0.1) is 0 Å². The summed E-state index contributed by atoms with van der Waals surface area (Å²) in [6.45, 7) is 0. The third-order valence-electron chi connectivity index (χ3n) is 3.92. The summed E-state index contributed by atoms with van der Waals surface area (Å²) in [5.74, 6) is 2.71. The van der Waals surface area contributed by atoms with Gasteiger partial charge in [-0.2, -0.15) is 9.97 Å². The van der Waals surface area contributed by atoms with Gasteiger partial charge in [0.05, 0.1) is 26.5 Å². The average Bonchev–Trinajstić information content (AvgIpc) is 3.29. The zero-order valence-corrected chi connectivity index (χ0v) is 15.7. The van der Waals surface area contributed by atoms with Crippen LogP contribution in [-0.4, -0.2) is 29.2 Å². The monoisotopic (exact) mass is 391 g/mol. The van der Waals surface area contributed by atoms with Crippen molar-refractivity contribution in [1.82, 2.24) is 15.0 Å². The van der Waals surface area contributed by atoms with Gasteiger partial charge in [0.25, 0.3) is 0 Å². The molecule has 0 atom stereocenters. The van der Waals surface area contributed by atoms with E-state index < -0.39 is 0 Å². The van der Waals surface area contributed by atoms with Crippen LogP contribution in [0.4, 0.5) is 0 Å². The summed E-state index contributed by atoms with van der Waals surface area (Å²) >= 11 is 0. The molecule has 0 saturated heterocycles. The van der Waals surface area contributed by atoms with Crippen LogP contribution in [0.5, 0.6) is 35.0 Å². The first-order valence-corrected chi connectivity index (χ1v) is 8.66. The van der Waals surface area contributed by atoms with Crippen LogP contribution in [-0.2, 0) is 0 Å². The van der Waals surface area contributed by atoms with Gasteiger partial charge < -0.3 is 23.4 Å². The van der Waals surface area contributed by atoms with E-state index in [1.165, 1.54) is 20.6 Å². The van der Waals surface area contributed by atoms with Gasteiger partial charge in [0.2, 0.25) is 11.8 Å². The zero-order valence-electron chi connectivity index (χ0n) is 15.7. The molecular formula is C21H17N3O5. The number of para-hydroxylation sites is 1. The van der Waals surface area contributed by atoms with Crippen LogP contribution >= 0.6 is 0 Å². The third kappa shape index (κ3) is 4.11. The lowest BCUT2D eigenvalue weighted by Crippen LogP contribution is -1.99. The van der Waals surface area contributed by atoms with Gasteiger partial charge in [0, 0.05) is 0 Å². The molecule has 4 aromatic rings. The molecule has 29 heavy (non-hydrogen) atoms. The minimum Gasteiger partial charge on any atom is -0.481 e. The molecule has 146 valence electrons. The van der Waals surface area contributed by atoms with Gasteiger partial charge in [0.15, 0.2) is 12.2 Å². The molecule has 8 nitrogen and oxygen atoms in total. The maximum Gasteiger partial charge on any atom is 0.328 e. The fourth-order valence-corrected chi connectivity index (χ4v) is 2.62. The van der Waals surface area contributed by atoms with Crippen LogP contribution in [0.3, 0.4) is 0 Å². The van der Waals surface area contributed by atoms with Crippen LogP contribution < -0.4 is 18.9 Å². The molecule has 0 fully saturated rings. The SMILES string of the molecule is COc1cc(OC)nc(Oc2cccc(Oc3ccccc3)c2-c2cnco2)n1. The lowest BCUT2D eigenvalue weighted by molar-refractivity contribution is 0.347. The number of hydrogen-bond donors (Lipinski definition) is 0. The molecule has 0 bridgehead atoms. The first-order chi connectivity index (χ1) is 14.3. The molecular weight excluding hydrogens is 374 g/mol. The molecule has 0 aliphatic carbocycles. The summed E-state index contributed by atoms with van der Waals surface area (Å²) in [5, 5.41) is 0. The first-order valence-electron chi connectivity index (χ1n) is 8.66. The molecule has 0 spiro atoms. The van der Waals surface area contributed by atoms with Crippen molar-refractivity contribution in [3.05, 3.63) is 67.2 Å². The summed E-state index contributed by atoms with van der Waals surface area (Å²) < 4.78 is 27.8. The largest absolute Gasteiger partial charge is 0.481 e. The zero-order chi connectivity index (χ0) is 20.1. The summed E-state index contributed by atoms with van der Waals surface area (Å²) in [6, 6.07) is 16.4. The van der Waals surface area contributed by atoms with Crippen molar-refractivity contribution in [3.8, 4) is 46.3 Å². The van der Waals surface area contributed by atoms with E-state index in [1.807, 2.05) is 36.4 Å². The Morgan fingerprint density at radius 3 is 2.10 bits per heavy atom. The van der Waals surface area contributed by atoms with E-state index >= 15 is 0 Å². The van der Waals surface area contributed by atoms with Crippen molar-refractivity contribution >= 4 is 0 Å². The van der Waals surface area contributed by atoms with E-state index in [4.69, 9.17) is 23.4 Å². The fourth-order valence-electron chi connectivity index (χ4n) is 2.62. The number of aromatic nitrogens is 3. The Balaban J connectivity index is 1.76. The van der Waals surface area contributed by atoms with E-state index in [9.17, 15) is 0 Å². The Hall–Kier alpha value is -4.07. The van der Waals surface area contributed by atoms with Gasteiger partial charge in [-0.25, -0.2) is 4.98 Å². The topological polar surface area (TPSA) is 88.7 Å². The van der Waals surface area contributed by atoms with Gasteiger partial charge in [-0.1, -0.05) is 24.3 Å². The van der Waals surface area contributed by atoms with Crippen molar-refractivity contribution in [3.63, 3.8) is 0 Å². The molecule has 0 amide bonds. The molecule has 0 radical (unpaired) electrons. The maximum absolute atomic E-state index is 6.04. The van der Waals surface area contributed by atoms with Crippen molar-refractivity contribution in [2.45, 2.75) is 0 Å². The molecule has 0 N–H and O–H groups in total. The standard InChI is InChI=1S/C21H17N3O5/c1-25-18-11-19(26-2)24-21(23-18)29-16-10-6-9-15(20(16)17-12-22-13-27-17)28-14-7-4-3-5-8-14/h3-13H,1-2H3. The van der Waals surface area contributed by atoms with Crippen molar-refractivity contribution in [2.24, 2.45) is 0 Å². The van der Waals surface area contributed by atoms with Crippen molar-refractivity contribution in [2.75, 3.05) is 14.2 Å². The quantitative estimate of drug-likeness (QED) is 0.447. The van der Waals surface area contributed by atoms with E-state index in [1.54, 1.807) is 24.4 Å². The predicted octanol–water partition coefficient (Wildman–Crippen LogP) is 4.73. The number of ether oxygens (including phenoxy) is 4. The van der Waals surface area contributed by atoms with Gasteiger partial charge in [0.1, 0.15) is 22.8 Å². The highest BCUT2D eigenvalue weighted by molar-refractivity contribution is 5.73. The molecule has 0 saturated carbocycles. The van der Waals surface area contributed by atoms with Crippen molar-refractivity contribution in [1.29, 1.82) is 0 Å². The highest BCUT2D eigenvalue weighted by atomic mass is 16.5. The second-order valence-corrected chi connectivity index (χ2v) is 5.75. The summed E-state index contributed by atoms with van der Waals surface area (Å²) in [6.07, 6.45) is 2.91. The number of hydrogen-bond acceptors (Lipinski definition) is 8. The second kappa shape index (κ2) is 8.30. The van der Waals surface area contributed by atoms with E-state index in [2.05, 4.69) is 15.0 Å². The average molecular weight is 391 g/mol.